The molecule has 0 unspecified atom stereocenters. The fourth-order valence-electron chi connectivity index (χ4n) is 2.63. The van der Waals surface area contributed by atoms with Crippen LogP contribution in [0.2, 0.25) is 5.02 Å². The highest BCUT2D eigenvalue weighted by molar-refractivity contribution is 6.33. The zero-order valence-electron chi connectivity index (χ0n) is 10.6. The van der Waals surface area contributed by atoms with Gasteiger partial charge in [-0.2, -0.15) is 0 Å². The maximum Gasteiger partial charge on any atom is 0.0958 e. The van der Waals surface area contributed by atoms with E-state index in [1.807, 2.05) is 48.7 Å². The van der Waals surface area contributed by atoms with E-state index in [0.717, 1.165) is 22.3 Å². The van der Waals surface area contributed by atoms with Crippen LogP contribution in [0.25, 0.3) is 33.1 Å². The Labute approximate surface area is 121 Å². The Morgan fingerprint density at radius 1 is 0.850 bits per heavy atom. The summed E-state index contributed by atoms with van der Waals surface area (Å²) < 4.78 is 0. The molecular weight excluding hydrogens is 268 g/mol. The molecule has 2 heterocycles. The molecule has 4 aromatic rings. The molecule has 3 heteroatoms. The minimum absolute atomic E-state index is 0.714. The molecule has 4 rings (SSSR count). The van der Waals surface area contributed by atoms with Crippen LogP contribution >= 0.6 is 11.6 Å². The summed E-state index contributed by atoms with van der Waals surface area (Å²) in [4.78, 5) is 7.97. The van der Waals surface area contributed by atoms with Crippen molar-refractivity contribution in [1.29, 1.82) is 0 Å². The van der Waals surface area contributed by atoms with Gasteiger partial charge >= 0.3 is 0 Å². The molecule has 2 nitrogen and oxygen atoms in total. The molecule has 0 amide bonds. The molecule has 0 saturated heterocycles. The van der Waals surface area contributed by atoms with Gasteiger partial charge in [0.15, 0.2) is 0 Å². The Balaban J connectivity index is 2.13. The third kappa shape index (κ3) is 1.62. The number of rotatable bonds is 1. The van der Waals surface area contributed by atoms with Crippen molar-refractivity contribution in [3.63, 3.8) is 0 Å². The first-order valence-electron chi connectivity index (χ1n) is 6.45. The molecule has 2 aromatic carbocycles. The van der Waals surface area contributed by atoms with Crippen molar-refractivity contribution in [3.8, 4) is 11.3 Å². The summed E-state index contributed by atoms with van der Waals surface area (Å²) in [5.74, 6) is 0. The van der Waals surface area contributed by atoms with Crippen LogP contribution in [-0.4, -0.2) is 9.97 Å². The standard InChI is InChI=1S/C17H11ClN2/c18-14-7-3-1-6-13(14)16-17-12(9-10-19-16)11-5-2-4-8-15(11)20-17/h1-10,20H. The number of H-pyrrole nitrogens is 1. The second kappa shape index (κ2) is 4.36. The van der Waals surface area contributed by atoms with Gasteiger partial charge in [-0.15, -0.1) is 0 Å². The SMILES string of the molecule is Clc1ccccc1-c1nccc2c1[nH]c1ccccc12. The number of hydrogen-bond acceptors (Lipinski definition) is 1. The normalized spacial score (nSPS) is 11.2. The summed E-state index contributed by atoms with van der Waals surface area (Å²) in [5.41, 5.74) is 3.99. The number of fused-ring (bicyclic) bond motifs is 3. The molecule has 0 spiro atoms. The Hall–Kier alpha value is -2.32. The predicted octanol–water partition coefficient (Wildman–Crippen LogP) is 5.04. The highest BCUT2D eigenvalue weighted by atomic mass is 35.5. The van der Waals surface area contributed by atoms with Gasteiger partial charge in [-0.1, -0.05) is 48.0 Å². The molecule has 0 radical (unpaired) electrons. The van der Waals surface area contributed by atoms with Crippen molar-refractivity contribution in [3.05, 3.63) is 65.8 Å². The van der Waals surface area contributed by atoms with Crippen molar-refractivity contribution in [2.24, 2.45) is 0 Å². The number of para-hydroxylation sites is 1. The molecule has 0 fully saturated rings. The van der Waals surface area contributed by atoms with Gasteiger partial charge < -0.3 is 4.98 Å². The lowest BCUT2D eigenvalue weighted by atomic mass is 10.1. The van der Waals surface area contributed by atoms with E-state index in [1.54, 1.807) is 0 Å². The number of aromatic nitrogens is 2. The maximum absolute atomic E-state index is 6.30. The van der Waals surface area contributed by atoms with E-state index in [4.69, 9.17) is 11.6 Å². The number of nitrogens with one attached hydrogen (secondary N) is 1. The number of halogens is 1. The van der Waals surface area contributed by atoms with Gasteiger partial charge in [0.1, 0.15) is 0 Å². The summed E-state index contributed by atoms with van der Waals surface area (Å²) in [5, 5.41) is 3.09. The Kier molecular flexibility index (Phi) is 2.51. The minimum Gasteiger partial charge on any atom is -0.353 e. The highest BCUT2D eigenvalue weighted by Gasteiger charge is 2.12. The minimum atomic E-state index is 0.714. The number of aromatic amines is 1. The van der Waals surface area contributed by atoms with Crippen molar-refractivity contribution in [2.45, 2.75) is 0 Å². The quantitative estimate of drug-likeness (QED) is 0.519. The zero-order chi connectivity index (χ0) is 13.5. The third-order valence-electron chi connectivity index (χ3n) is 3.56. The smallest absolute Gasteiger partial charge is 0.0958 e. The molecule has 0 aliphatic rings. The first kappa shape index (κ1) is 11.5. The number of pyridine rings is 1. The largest absolute Gasteiger partial charge is 0.353 e. The van der Waals surface area contributed by atoms with E-state index < -0.39 is 0 Å². The van der Waals surface area contributed by atoms with E-state index in [0.29, 0.717) is 5.02 Å². The summed E-state index contributed by atoms with van der Waals surface area (Å²) in [6, 6.07) is 18.1. The van der Waals surface area contributed by atoms with Crippen molar-refractivity contribution >= 4 is 33.4 Å². The average Bonchev–Trinajstić information content (AvgIpc) is 2.86. The lowest BCUT2D eigenvalue weighted by molar-refractivity contribution is 1.34. The average molecular weight is 279 g/mol. The third-order valence-corrected chi connectivity index (χ3v) is 3.89. The van der Waals surface area contributed by atoms with Gasteiger partial charge in [0.25, 0.3) is 0 Å². The molecule has 20 heavy (non-hydrogen) atoms. The van der Waals surface area contributed by atoms with Crippen LogP contribution in [0.1, 0.15) is 0 Å². The van der Waals surface area contributed by atoms with Gasteiger partial charge in [-0.25, -0.2) is 0 Å². The van der Waals surface area contributed by atoms with Crippen LogP contribution in [-0.2, 0) is 0 Å². The molecular formula is C17H11ClN2. The second-order valence-electron chi connectivity index (χ2n) is 4.73. The molecule has 0 bridgehead atoms. The highest BCUT2D eigenvalue weighted by Crippen LogP contribution is 2.34. The van der Waals surface area contributed by atoms with Gasteiger partial charge in [0.2, 0.25) is 0 Å². The van der Waals surface area contributed by atoms with Crippen molar-refractivity contribution in [1.82, 2.24) is 9.97 Å². The van der Waals surface area contributed by atoms with Crippen LogP contribution in [0, 0.1) is 0 Å². The lowest BCUT2D eigenvalue weighted by Gasteiger charge is -2.04. The van der Waals surface area contributed by atoms with Gasteiger partial charge in [-0.05, 0) is 18.2 Å². The second-order valence-corrected chi connectivity index (χ2v) is 5.14. The van der Waals surface area contributed by atoms with E-state index >= 15 is 0 Å². The number of nitrogens with zero attached hydrogens (tertiary/aromatic N) is 1. The van der Waals surface area contributed by atoms with Crippen LogP contribution in [0.15, 0.2) is 60.8 Å². The summed E-state index contributed by atoms with van der Waals surface area (Å²) in [6.07, 6.45) is 1.83. The summed E-state index contributed by atoms with van der Waals surface area (Å²) in [6.45, 7) is 0. The fraction of sp³-hybridized carbons (Fsp3) is 0. The van der Waals surface area contributed by atoms with E-state index in [9.17, 15) is 0 Å². The predicted molar refractivity (Wildman–Crippen MR) is 84.0 cm³/mol. The molecule has 96 valence electrons. The Morgan fingerprint density at radius 2 is 1.65 bits per heavy atom. The van der Waals surface area contributed by atoms with Crippen LogP contribution in [0.4, 0.5) is 0 Å². The van der Waals surface area contributed by atoms with Crippen molar-refractivity contribution < 1.29 is 0 Å². The summed E-state index contributed by atoms with van der Waals surface area (Å²) >= 11 is 6.30. The Bertz CT molecular complexity index is 924. The first-order valence-corrected chi connectivity index (χ1v) is 6.83. The van der Waals surface area contributed by atoms with E-state index in [2.05, 4.69) is 22.1 Å². The topological polar surface area (TPSA) is 28.7 Å². The molecule has 1 N–H and O–H groups in total. The van der Waals surface area contributed by atoms with E-state index in [1.165, 1.54) is 10.8 Å². The molecule has 0 aliphatic carbocycles. The zero-order valence-corrected chi connectivity index (χ0v) is 11.4. The lowest BCUT2D eigenvalue weighted by Crippen LogP contribution is -1.86. The van der Waals surface area contributed by atoms with Crippen LogP contribution in [0.3, 0.4) is 0 Å². The number of hydrogen-bond donors (Lipinski definition) is 1. The van der Waals surface area contributed by atoms with Crippen molar-refractivity contribution in [2.75, 3.05) is 0 Å². The summed E-state index contributed by atoms with van der Waals surface area (Å²) in [7, 11) is 0. The van der Waals surface area contributed by atoms with Gasteiger partial charge in [-0.3, -0.25) is 4.98 Å². The van der Waals surface area contributed by atoms with Crippen LogP contribution in [0.5, 0.6) is 0 Å². The molecule has 0 saturated carbocycles. The van der Waals surface area contributed by atoms with Crippen LogP contribution < -0.4 is 0 Å². The number of benzene rings is 2. The first-order chi connectivity index (χ1) is 9.84. The molecule has 0 aliphatic heterocycles. The molecule has 2 aromatic heterocycles. The van der Waals surface area contributed by atoms with E-state index in [-0.39, 0.29) is 0 Å². The Morgan fingerprint density at radius 3 is 2.55 bits per heavy atom. The maximum atomic E-state index is 6.30. The van der Waals surface area contributed by atoms with Gasteiger partial charge in [0.05, 0.1) is 16.2 Å². The fourth-order valence-corrected chi connectivity index (χ4v) is 2.86. The molecule has 0 atom stereocenters. The van der Waals surface area contributed by atoms with Gasteiger partial charge in [0, 0.05) is 28.0 Å². The monoisotopic (exact) mass is 278 g/mol.